The number of anilines is 1. The van der Waals surface area contributed by atoms with Crippen LogP contribution in [0.3, 0.4) is 0 Å². The molecule has 1 heterocycles. The molecule has 1 aromatic carbocycles. The van der Waals surface area contributed by atoms with Crippen molar-refractivity contribution in [2.75, 3.05) is 12.8 Å². The summed E-state index contributed by atoms with van der Waals surface area (Å²) in [6.07, 6.45) is 0. The fraction of sp³-hybridized carbons (Fsp3) is 0.308. The van der Waals surface area contributed by atoms with Gasteiger partial charge in [-0.05, 0) is 37.6 Å². The fourth-order valence-corrected chi connectivity index (χ4v) is 1.89. The van der Waals surface area contributed by atoms with E-state index in [1.54, 1.807) is 7.11 Å². The molecule has 0 unspecified atom stereocenters. The van der Waals surface area contributed by atoms with Gasteiger partial charge in [-0.1, -0.05) is 6.07 Å². The Morgan fingerprint density at radius 3 is 2.59 bits per heavy atom. The van der Waals surface area contributed by atoms with Crippen LogP contribution in [0.1, 0.15) is 17.0 Å². The number of nitrogen functional groups attached to an aromatic ring is 1. The van der Waals surface area contributed by atoms with Gasteiger partial charge in [0, 0.05) is 5.69 Å². The first-order chi connectivity index (χ1) is 8.10. The first kappa shape index (κ1) is 11.5. The lowest BCUT2D eigenvalue weighted by Crippen LogP contribution is -2.04. The van der Waals surface area contributed by atoms with Gasteiger partial charge >= 0.3 is 0 Å². The van der Waals surface area contributed by atoms with E-state index in [4.69, 9.17) is 10.5 Å². The van der Waals surface area contributed by atoms with Crippen molar-refractivity contribution < 1.29 is 4.74 Å². The van der Waals surface area contributed by atoms with Crippen LogP contribution in [0.2, 0.25) is 0 Å². The Hall–Kier alpha value is -1.97. The van der Waals surface area contributed by atoms with E-state index in [0.29, 0.717) is 11.4 Å². The predicted molar refractivity (Wildman–Crippen MR) is 68.2 cm³/mol. The minimum Gasteiger partial charge on any atom is -0.495 e. The molecule has 0 aliphatic carbocycles. The summed E-state index contributed by atoms with van der Waals surface area (Å²) in [6.45, 7) is 4.77. The van der Waals surface area contributed by atoms with Crippen LogP contribution in [0.25, 0.3) is 0 Å². The largest absolute Gasteiger partial charge is 0.495 e. The third-order valence-corrected chi connectivity index (χ3v) is 2.73. The highest BCUT2D eigenvalue weighted by molar-refractivity contribution is 5.54. The van der Waals surface area contributed by atoms with E-state index in [-0.39, 0.29) is 0 Å². The van der Waals surface area contributed by atoms with Crippen LogP contribution >= 0.6 is 0 Å². The third-order valence-electron chi connectivity index (χ3n) is 2.73. The number of rotatable bonds is 3. The van der Waals surface area contributed by atoms with Crippen molar-refractivity contribution in [2.45, 2.75) is 20.4 Å². The highest BCUT2D eigenvalue weighted by Crippen LogP contribution is 2.22. The maximum Gasteiger partial charge on any atom is 0.141 e. The Labute approximate surface area is 101 Å². The maximum absolute atomic E-state index is 5.87. The normalized spacial score (nSPS) is 10.5. The molecule has 0 spiro atoms. The summed E-state index contributed by atoms with van der Waals surface area (Å²) in [6, 6.07) is 7.88. The van der Waals surface area contributed by atoms with Crippen LogP contribution in [0, 0.1) is 13.8 Å². The molecule has 0 fully saturated rings. The van der Waals surface area contributed by atoms with Gasteiger partial charge < -0.3 is 10.5 Å². The number of nitrogens with two attached hydrogens (primary N) is 1. The smallest absolute Gasteiger partial charge is 0.141 e. The molecule has 2 N–H and O–H groups in total. The topological polar surface area (TPSA) is 53.1 Å². The lowest BCUT2D eigenvalue weighted by Gasteiger charge is -2.08. The molecule has 17 heavy (non-hydrogen) atoms. The molecule has 0 aliphatic heterocycles. The van der Waals surface area contributed by atoms with E-state index in [1.165, 1.54) is 0 Å². The van der Waals surface area contributed by atoms with Crippen LogP contribution < -0.4 is 10.5 Å². The molecule has 1 aromatic heterocycles. The first-order valence-corrected chi connectivity index (χ1v) is 5.53. The van der Waals surface area contributed by atoms with Gasteiger partial charge in [0.05, 0.1) is 25.0 Å². The van der Waals surface area contributed by atoms with E-state index in [0.717, 1.165) is 23.5 Å². The van der Waals surface area contributed by atoms with E-state index in [1.807, 2.05) is 36.7 Å². The molecular formula is C13H17N3O. The van der Waals surface area contributed by atoms with Crippen molar-refractivity contribution in [1.29, 1.82) is 0 Å². The molecule has 0 saturated heterocycles. The Morgan fingerprint density at radius 1 is 1.29 bits per heavy atom. The molecule has 0 saturated carbocycles. The van der Waals surface area contributed by atoms with Crippen molar-refractivity contribution in [3.05, 3.63) is 41.2 Å². The lowest BCUT2D eigenvalue weighted by atomic mass is 10.2. The third kappa shape index (κ3) is 2.41. The van der Waals surface area contributed by atoms with Gasteiger partial charge in [-0.3, -0.25) is 4.68 Å². The number of benzene rings is 1. The Bertz CT molecular complexity index is 531. The first-order valence-electron chi connectivity index (χ1n) is 5.53. The van der Waals surface area contributed by atoms with Crippen molar-refractivity contribution >= 4 is 5.69 Å². The molecule has 2 rings (SSSR count). The number of aromatic nitrogens is 2. The maximum atomic E-state index is 5.87. The summed E-state index contributed by atoms with van der Waals surface area (Å²) < 4.78 is 7.10. The zero-order chi connectivity index (χ0) is 12.4. The van der Waals surface area contributed by atoms with Gasteiger partial charge in [-0.25, -0.2) is 0 Å². The predicted octanol–water partition coefficient (Wildman–Crippen LogP) is 2.14. The second kappa shape index (κ2) is 4.49. The molecule has 4 nitrogen and oxygen atoms in total. The van der Waals surface area contributed by atoms with Gasteiger partial charge in [-0.15, -0.1) is 0 Å². The summed E-state index contributed by atoms with van der Waals surface area (Å²) in [5, 5.41) is 4.42. The molecule has 90 valence electrons. The van der Waals surface area contributed by atoms with Crippen LogP contribution in [0.4, 0.5) is 5.69 Å². The lowest BCUT2D eigenvalue weighted by molar-refractivity contribution is 0.417. The van der Waals surface area contributed by atoms with E-state index in [9.17, 15) is 0 Å². The molecule has 0 radical (unpaired) electrons. The molecular weight excluding hydrogens is 214 g/mol. The van der Waals surface area contributed by atoms with Crippen LogP contribution in [0.15, 0.2) is 24.3 Å². The second-order valence-corrected chi connectivity index (χ2v) is 4.16. The number of hydrogen-bond acceptors (Lipinski definition) is 3. The van der Waals surface area contributed by atoms with Crippen LogP contribution in [-0.4, -0.2) is 16.9 Å². The molecule has 2 aromatic rings. The summed E-state index contributed by atoms with van der Waals surface area (Å²) in [7, 11) is 1.62. The Balaban J connectivity index is 2.24. The van der Waals surface area contributed by atoms with Crippen molar-refractivity contribution in [3.63, 3.8) is 0 Å². The van der Waals surface area contributed by atoms with Gasteiger partial charge in [0.15, 0.2) is 0 Å². The van der Waals surface area contributed by atoms with Crippen LogP contribution in [-0.2, 0) is 6.54 Å². The molecule has 0 amide bonds. The minimum atomic E-state index is 0.659. The standard InChI is InChI=1S/C13H17N3O/c1-9-6-10(2)16(15-9)8-11-4-5-13(17-3)12(14)7-11/h4-7H,8,14H2,1-3H3. The Kier molecular flexibility index (Phi) is 3.04. The summed E-state index contributed by atoms with van der Waals surface area (Å²) >= 11 is 0. The summed E-state index contributed by atoms with van der Waals surface area (Å²) in [4.78, 5) is 0. The average molecular weight is 231 g/mol. The highest BCUT2D eigenvalue weighted by atomic mass is 16.5. The van der Waals surface area contributed by atoms with Crippen molar-refractivity contribution in [3.8, 4) is 5.75 Å². The summed E-state index contributed by atoms with van der Waals surface area (Å²) in [5.74, 6) is 0.710. The minimum absolute atomic E-state index is 0.659. The van der Waals surface area contributed by atoms with Gasteiger partial charge in [-0.2, -0.15) is 5.10 Å². The van der Waals surface area contributed by atoms with Crippen molar-refractivity contribution in [2.24, 2.45) is 0 Å². The SMILES string of the molecule is COc1ccc(Cn2nc(C)cc2C)cc1N. The molecule has 0 aliphatic rings. The number of methoxy groups -OCH3 is 1. The zero-order valence-corrected chi connectivity index (χ0v) is 10.4. The fourth-order valence-electron chi connectivity index (χ4n) is 1.89. The van der Waals surface area contributed by atoms with E-state index < -0.39 is 0 Å². The number of nitrogens with zero attached hydrogens (tertiary/aromatic N) is 2. The average Bonchev–Trinajstić information content (AvgIpc) is 2.58. The van der Waals surface area contributed by atoms with Gasteiger partial charge in [0.25, 0.3) is 0 Å². The highest BCUT2D eigenvalue weighted by Gasteiger charge is 2.04. The summed E-state index contributed by atoms with van der Waals surface area (Å²) in [5.41, 5.74) is 9.83. The monoisotopic (exact) mass is 231 g/mol. The van der Waals surface area contributed by atoms with Crippen LogP contribution in [0.5, 0.6) is 5.75 Å². The second-order valence-electron chi connectivity index (χ2n) is 4.16. The van der Waals surface area contributed by atoms with Gasteiger partial charge in [0.1, 0.15) is 5.75 Å². The molecule has 4 heteroatoms. The zero-order valence-electron chi connectivity index (χ0n) is 10.4. The van der Waals surface area contributed by atoms with E-state index >= 15 is 0 Å². The Morgan fingerprint density at radius 2 is 2.06 bits per heavy atom. The number of hydrogen-bond donors (Lipinski definition) is 1. The van der Waals surface area contributed by atoms with Gasteiger partial charge in [0.2, 0.25) is 0 Å². The molecule has 0 bridgehead atoms. The van der Waals surface area contributed by atoms with Crippen molar-refractivity contribution in [1.82, 2.24) is 9.78 Å². The number of aryl methyl sites for hydroxylation is 2. The molecule has 0 atom stereocenters. The quantitative estimate of drug-likeness (QED) is 0.823. The van der Waals surface area contributed by atoms with E-state index in [2.05, 4.69) is 11.2 Å². The number of ether oxygens (including phenoxy) is 1.